The first-order valence-corrected chi connectivity index (χ1v) is 16.6. The van der Waals surface area contributed by atoms with Gasteiger partial charge in [-0.05, 0) is 73.8 Å². The summed E-state index contributed by atoms with van der Waals surface area (Å²) < 4.78 is 12.1. The van der Waals surface area contributed by atoms with Crippen molar-refractivity contribution in [1.29, 1.82) is 0 Å². The second-order valence-corrected chi connectivity index (χ2v) is 16.7. The molecule has 2 heterocycles. The van der Waals surface area contributed by atoms with Crippen LogP contribution in [0.4, 0.5) is 27.9 Å². The lowest BCUT2D eigenvalue weighted by Crippen LogP contribution is -2.52. The average Bonchev–Trinajstić information content (AvgIpc) is 3.35. The third kappa shape index (κ3) is 5.65. The smallest absolute Gasteiger partial charge is 0.330 e. The van der Waals surface area contributed by atoms with Crippen molar-refractivity contribution in [3.8, 4) is 5.75 Å². The van der Waals surface area contributed by atoms with Crippen molar-refractivity contribution in [2.45, 2.75) is 76.9 Å². The summed E-state index contributed by atoms with van der Waals surface area (Å²) in [6, 6.07) is 17.3. The lowest BCUT2D eigenvalue weighted by Gasteiger charge is -2.40. The molecule has 2 unspecified atom stereocenters. The summed E-state index contributed by atoms with van der Waals surface area (Å²) in [6.45, 7) is 11.8. The number of urea groups is 1. The van der Waals surface area contributed by atoms with Gasteiger partial charge in [-0.3, -0.25) is 9.80 Å². The number of ether oxygens (including phenoxy) is 1. The molecule has 1 N–H and O–H groups in total. The Balaban J connectivity index is 1.46. The van der Waals surface area contributed by atoms with Gasteiger partial charge in [-0.1, -0.05) is 39.0 Å². The SMILES string of the molecule is COc1ccc(N2Cc3cnc(Nc4ccccc4)nc3N(C3CCC(O[Si](C)(C)C(C)(C)C)C3)C2=O)cc1. The van der Waals surface area contributed by atoms with Gasteiger partial charge in [0.15, 0.2) is 8.32 Å². The lowest BCUT2D eigenvalue weighted by molar-refractivity contribution is 0.186. The molecule has 2 atom stereocenters. The van der Waals surface area contributed by atoms with Crippen LogP contribution in [0.15, 0.2) is 60.8 Å². The number of hydrogen-bond acceptors (Lipinski definition) is 6. The first kappa shape index (κ1) is 27.1. The highest BCUT2D eigenvalue weighted by atomic mass is 28.4. The van der Waals surface area contributed by atoms with Gasteiger partial charge in [0.1, 0.15) is 11.6 Å². The van der Waals surface area contributed by atoms with E-state index >= 15 is 0 Å². The van der Waals surface area contributed by atoms with Crippen LogP contribution < -0.4 is 19.9 Å². The molecule has 1 aliphatic carbocycles. The van der Waals surface area contributed by atoms with Crippen molar-refractivity contribution in [1.82, 2.24) is 9.97 Å². The van der Waals surface area contributed by atoms with Crippen LogP contribution in [-0.2, 0) is 11.0 Å². The molecular weight excluding hydrogens is 506 g/mol. The molecule has 5 rings (SSSR count). The van der Waals surface area contributed by atoms with Crippen molar-refractivity contribution >= 4 is 37.5 Å². The van der Waals surface area contributed by atoms with E-state index in [1.807, 2.05) is 65.7 Å². The lowest BCUT2D eigenvalue weighted by atomic mass is 10.1. The third-order valence-electron chi connectivity index (χ3n) is 8.24. The summed E-state index contributed by atoms with van der Waals surface area (Å²) in [4.78, 5) is 27.3. The van der Waals surface area contributed by atoms with E-state index in [1.165, 1.54) is 0 Å². The van der Waals surface area contributed by atoms with Crippen LogP contribution in [0.1, 0.15) is 45.6 Å². The van der Waals surface area contributed by atoms with Gasteiger partial charge in [-0.25, -0.2) is 9.78 Å². The molecule has 2 aliphatic rings. The second-order valence-electron chi connectivity index (χ2n) is 11.9. The van der Waals surface area contributed by atoms with Gasteiger partial charge < -0.3 is 14.5 Å². The van der Waals surface area contributed by atoms with Gasteiger partial charge in [0.05, 0.1) is 13.7 Å². The predicted molar refractivity (Wildman–Crippen MR) is 159 cm³/mol. The van der Waals surface area contributed by atoms with Crippen LogP contribution in [0.2, 0.25) is 18.1 Å². The van der Waals surface area contributed by atoms with Gasteiger partial charge in [0.25, 0.3) is 0 Å². The number of hydrogen-bond donors (Lipinski definition) is 1. The highest BCUT2D eigenvalue weighted by molar-refractivity contribution is 6.74. The molecule has 9 heteroatoms. The maximum atomic E-state index is 14.2. The highest BCUT2D eigenvalue weighted by Gasteiger charge is 2.44. The summed E-state index contributed by atoms with van der Waals surface area (Å²) in [7, 11) is -0.288. The minimum Gasteiger partial charge on any atom is -0.497 e. The van der Waals surface area contributed by atoms with E-state index in [0.29, 0.717) is 18.3 Å². The monoisotopic (exact) mass is 545 g/mol. The van der Waals surface area contributed by atoms with E-state index in [4.69, 9.17) is 14.1 Å². The Morgan fingerprint density at radius 2 is 1.74 bits per heavy atom. The number of nitrogens with one attached hydrogen (secondary N) is 1. The van der Waals surface area contributed by atoms with Gasteiger partial charge >= 0.3 is 6.03 Å². The molecule has 206 valence electrons. The zero-order valence-electron chi connectivity index (χ0n) is 23.8. The fourth-order valence-corrected chi connectivity index (χ4v) is 6.43. The van der Waals surface area contributed by atoms with Crippen LogP contribution >= 0.6 is 0 Å². The van der Waals surface area contributed by atoms with Crippen LogP contribution in [0.25, 0.3) is 0 Å². The standard InChI is InChI=1S/C30H39N5O3Si/c1-30(2,3)39(5,6)38-26-17-14-24(18-26)35-27-21(19-31-28(33-27)32-22-10-8-7-9-11-22)20-34(29(35)36)23-12-15-25(37-4)16-13-23/h7-13,15-16,19,24,26H,14,17-18,20H2,1-6H3,(H,31,32,33). The van der Waals surface area contributed by atoms with Crippen molar-refractivity contribution in [3.05, 3.63) is 66.4 Å². The Morgan fingerprint density at radius 1 is 1.03 bits per heavy atom. The number of rotatable bonds is 7. The minimum atomic E-state index is -1.93. The zero-order chi connectivity index (χ0) is 27.8. The van der Waals surface area contributed by atoms with Crippen molar-refractivity contribution in [3.63, 3.8) is 0 Å². The van der Waals surface area contributed by atoms with Crippen LogP contribution in [0, 0.1) is 0 Å². The van der Waals surface area contributed by atoms with Gasteiger partial charge in [0, 0.05) is 35.3 Å². The molecule has 1 fully saturated rings. The molecule has 2 aromatic carbocycles. The number of carbonyl (C=O) groups excluding carboxylic acids is 1. The van der Waals surface area contributed by atoms with Crippen molar-refractivity contribution < 1.29 is 14.0 Å². The molecular formula is C30H39N5O3Si. The minimum absolute atomic E-state index is 0.00783. The molecule has 0 saturated heterocycles. The van der Waals surface area contributed by atoms with E-state index in [9.17, 15) is 4.79 Å². The predicted octanol–water partition coefficient (Wildman–Crippen LogP) is 7.12. The number of carbonyl (C=O) groups is 1. The van der Waals surface area contributed by atoms with Crippen LogP contribution in [0.3, 0.4) is 0 Å². The molecule has 1 aromatic heterocycles. The number of benzene rings is 2. The summed E-state index contributed by atoms with van der Waals surface area (Å²) in [6.07, 6.45) is 4.56. The largest absolute Gasteiger partial charge is 0.497 e. The summed E-state index contributed by atoms with van der Waals surface area (Å²) in [5.74, 6) is 1.90. The number of nitrogens with zero attached hydrogens (tertiary/aromatic N) is 4. The molecule has 3 aromatic rings. The van der Waals surface area contributed by atoms with E-state index in [0.717, 1.165) is 42.0 Å². The third-order valence-corrected chi connectivity index (χ3v) is 12.8. The topological polar surface area (TPSA) is 79.8 Å². The quantitative estimate of drug-likeness (QED) is 0.319. The number of anilines is 4. The van der Waals surface area contributed by atoms with Crippen molar-refractivity contribution in [2.75, 3.05) is 22.2 Å². The van der Waals surface area contributed by atoms with Gasteiger partial charge in [-0.15, -0.1) is 0 Å². The fourth-order valence-electron chi connectivity index (χ4n) is 5.03. The average molecular weight is 546 g/mol. The van der Waals surface area contributed by atoms with Gasteiger partial charge in [0.2, 0.25) is 5.95 Å². The summed E-state index contributed by atoms with van der Waals surface area (Å²) in [5, 5.41) is 3.42. The summed E-state index contributed by atoms with van der Waals surface area (Å²) >= 11 is 0. The zero-order valence-corrected chi connectivity index (χ0v) is 24.8. The Hall–Kier alpha value is -3.43. The van der Waals surface area contributed by atoms with E-state index in [2.05, 4.69) is 44.2 Å². The Morgan fingerprint density at radius 3 is 2.41 bits per heavy atom. The molecule has 0 radical (unpaired) electrons. The number of amides is 2. The first-order valence-electron chi connectivity index (χ1n) is 13.7. The Labute approximate surface area is 232 Å². The van der Waals surface area contributed by atoms with Crippen LogP contribution in [-0.4, -0.2) is 43.6 Å². The van der Waals surface area contributed by atoms with E-state index < -0.39 is 8.32 Å². The first-order chi connectivity index (χ1) is 18.6. The van der Waals surface area contributed by atoms with E-state index in [-0.39, 0.29) is 23.2 Å². The maximum Gasteiger partial charge on any atom is 0.330 e. The van der Waals surface area contributed by atoms with Crippen LogP contribution in [0.5, 0.6) is 5.75 Å². The second kappa shape index (κ2) is 10.6. The number of aromatic nitrogens is 2. The number of para-hydroxylation sites is 1. The fraction of sp³-hybridized carbons (Fsp3) is 0.433. The number of methoxy groups -OCH3 is 1. The molecule has 1 saturated carbocycles. The molecule has 39 heavy (non-hydrogen) atoms. The molecule has 8 nitrogen and oxygen atoms in total. The van der Waals surface area contributed by atoms with E-state index in [1.54, 1.807) is 12.0 Å². The maximum absolute atomic E-state index is 14.2. The highest BCUT2D eigenvalue weighted by Crippen LogP contribution is 2.42. The Bertz CT molecular complexity index is 1310. The summed E-state index contributed by atoms with van der Waals surface area (Å²) in [5.41, 5.74) is 2.63. The van der Waals surface area contributed by atoms with Gasteiger partial charge in [-0.2, -0.15) is 4.98 Å². The molecule has 2 amide bonds. The molecule has 0 bridgehead atoms. The molecule has 1 aliphatic heterocycles. The van der Waals surface area contributed by atoms with Crippen molar-refractivity contribution in [2.24, 2.45) is 0 Å². The Kier molecular flexibility index (Phi) is 7.39. The number of fused-ring (bicyclic) bond motifs is 1. The molecule has 0 spiro atoms. The normalized spacial score (nSPS) is 19.7.